The largest absolute Gasteiger partial charge is 0.419 e. The Morgan fingerprint density at radius 2 is 2.11 bits per heavy atom. The van der Waals surface area contributed by atoms with Crippen molar-refractivity contribution in [3.05, 3.63) is 34.8 Å². The van der Waals surface area contributed by atoms with Crippen molar-refractivity contribution in [3.8, 4) is 0 Å². The molecule has 1 amide bonds. The van der Waals surface area contributed by atoms with E-state index < -0.39 is 5.41 Å². The Bertz CT molecular complexity index is 915. The van der Waals surface area contributed by atoms with Crippen LogP contribution in [0.5, 0.6) is 0 Å². The maximum absolute atomic E-state index is 12.9. The van der Waals surface area contributed by atoms with Gasteiger partial charge in [0.1, 0.15) is 0 Å². The van der Waals surface area contributed by atoms with Crippen molar-refractivity contribution in [2.24, 2.45) is 17.3 Å². The molecule has 3 aliphatic rings. The van der Waals surface area contributed by atoms with E-state index in [1.807, 2.05) is 24.3 Å². The number of nitrogens with zero attached hydrogens (tertiary/aromatic N) is 2. The Hall–Kier alpha value is -2.12. The van der Waals surface area contributed by atoms with Gasteiger partial charge in [-0.3, -0.25) is 14.3 Å². The smallest absolute Gasteiger partial charge is 0.408 e. The van der Waals surface area contributed by atoms with E-state index in [4.69, 9.17) is 9.15 Å². The van der Waals surface area contributed by atoms with Crippen LogP contribution in [0, 0.1) is 17.3 Å². The highest BCUT2D eigenvalue weighted by Gasteiger charge is 2.55. The summed E-state index contributed by atoms with van der Waals surface area (Å²) in [7, 11) is 0. The summed E-state index contributed by atoms with van der Waals surface area (Å²) in [6.45, 7) is 4.74. The molecular weight excluding hydrogens is 346 g/mol. The lowest BCUT2D eigenvalue weighted by Gasteiger charge is -2.26. The van der Waals surface area contributed by atoms with Crippen LogP contribution in [0.1, 0.15) is 12.8 Å². The molecule has 2 atom stereocenters. The van der Waals surface area contributed by atoms with Crippen LogP contribution in [-0.2, 0) is 16.1 Å². The molecule has 0 radical (unpaired) electrons. The van der Waals surface area contributed by atoms with Crippen LogP contribution >= 0.6 is 0 Å². The first kappa shape index (κ1) is 17.0. The minimum Gasteiger partial charge on any atom is -0.408 e. The molecule has 1 aromatic carbocycles. The standard InChI is InChI=1S/C20H25N3O4/c24-18(21-9-14-5-6-14)20-12-22(10-15(20)11-26-13-20)7-8-23-16-3-1-2-4-17(16)27-19(23)25/h1-4,14-15H,5-13H2,(H,21,24)/t15-,20-/m1/s1. The summed E-state index contributed by atoms with van der Waals surface area (Å²) in [6, 6.07) is 7.48. The fourth-order valence-corrected chi connectivity index (χ4v) is 4.53. The molecule has 1 N–H and O–H groups in total. The number of hydrogen-bond donors (Lipinski definition) is 1. The molecule has 1 aromatic heterocycles. The van der Waals surface area contributed by atoms with E-state index in [1.54, 1.807) is 4.57 Å². The van der Waals surface area contributed by atoms with Crippen molar-refractivity contribution in [3.63, 3.8) is 0 Å². The lowest BCUT2D eigenvalue weighted by molar-refractivity contribution is -0.131. The number of nitrogens with one attached hydrogen (secondary N) is 1. The van der Waals surface area contributed by atoms with E-state index in [0.29, 0.717) is 37.8 Å². The molecule has 3 heterocycles. The number of likely N-dealkylation sites (tertiary alicyclic amines) is 1. The number of ether oxygens (including phenoxy) is 1. The molecule has 7 heteroatoms. The van der Waals surface area contributed by atoms with Crippen LogP contribution in [0.3, 0.4) is 0 Å². The van der Waals surface area contributed by atoms with Crippen molar-refractivity contribution in [2.75, 3.05) is 39.4 Å². The number of carbonyl (C=O) groups is 1. The van der Waals surface area contributed by atoms with E-state index in [1.165, 1.54) is 12.8 Å². The predicted octanol–water partition coefficient (Wildman–Crippen LogP) is 1.07. The number of benzene rings is 1. The molecule has 3 fully saturated rings. The van der Waals surface area contributed by atoms with E-state index in [2.05, 4.69) is 10.2 Å². The maximum Gasteiger partial charge on any atom is 0.419 e. The summed E-state index contributed by atoms with van der Waals surface area (Å²) in [5.41, 5.74) is 1.01. The zero-order valence-electron chi connectivity index (χ0n) is 15.4. The van der Waals surface area contributed by atoms with E-state index >= 15 is 0 Å². The van der Waals surface area contributed by atoms with Gasteiger partial charge in [0.2, 0.25) is 5.91 Å². The van der Waals surface area contributed by atoms with Gasteiger partial charge in [-0.05, 0) is 30.9 Å². The molecule has 2 aromatic rings. The van der Waals surface area contributed by atoms with Gasteiger partial charge in [-0.15, -0.1) is 0 Å². The van der Waals surface area contributed by atoms with Crippen LogP contribution in [-0.4, -0.2) is 54.8 Å². The molecule has 5 rings (SSSR count). The van der Waals surface area contributed by atoms with Crippen LogP contribution in [0.15, 0.2) is 33.5 Å². The monoisotopic (exact) mass is 371 g/mol. The number of oxazole rings is 1. The first-order valence-electron chi connectivity index (χ1n) is 9.82. The summed E-state index contributed by atoms with van der Waals surface area (Å²) in [5.74, 6) is 0.723. The molecule has 0 spiro atoms. The molecule has 0 unspecified atom stereocenters. The minimum absolute atomic E-state index is 0.144. The van der Waals surface area contributed by atoms with Gasteiger partial charge >= 0.3 is 5.76 Å². The van der Waals surface area contributed by atoms with Gasteiger partial charge in [-0.2, -0.15) is 0 Å². The van der Waals surface area contributed by atoms with Crippen molar-refractivity contribution < 1.29 is 13.9 Å². The number of para-hydroxylation sites is 2. The molecule has 0 bridgehead atoms. The predicted molar refractivity (Wildman–Crippen MR) is 99.4 cm³/mol. The highest BCUT2D eigenvalue weighted by atomic mass is 16.5. The average Bonchev–Trinajstić information content (AvgIpc) is 3.17. The third kappa shape index (κ3) is 2.99. The number of aromatic nitrogens is 1. The van der Waals surface area contributed by atoms with Crippen molar-refractivity contribution in [1.29, 1.82) is 0 Å². The van der Waals surface area contributed by atoms with Crippen LogP contribution < -0.4 is 11.1 Å². The van der Waals surface area contributed by atoms with Gasteiger partial charge < -0.3 is 14.5 Å². The molecule has 2 aliphatic heterocycles. The molecule has 27 heavy (non-hydrogen) atoms. The third-order valence-corrected chi connectivity index (χ3v) is 6.36. The highest BCUT2D eigenvalue weighted by molar-refractivity contribution is 5.84. The summed E-state index contributed by atoms with van der Waals surface area (Å²) in [4.78, 5) is 27.3. The fraction of sp³-hybridized carbons (Fsp3) is 0.600. The van der Waals surface area contributed by atoms with Gasteiger partial charge in [0.15, 0.2) is 5.58 Å². The first-order chi connectivity index (χ1) is 13.2. The fourth-order valence-electron chi connectivity index (χ4n) is 4.53. The highest BCUT2D eigenvalue weighted by Crippen LogP contribution is 2.41. The first-order valence-corrected chi connectivity index (χ1v) is 9.82. The Kier molecular flexibility index (Phi) is 4.09. The normalized spacial score (nSPS) is 27.9. The van der Waals surface area contributed by atoms with Crippen molar-refractivity contribution >= 4 is 17.0 Å². The summed E-state index contributed by atoms with van der Waals surface area (Å²) >= 11 is 0. The Morgan fingerprint density at radius 3 is 2.96 bits per heavy atom. The molecule has 144 valence electrons. The Labute approximate surface area is 157 Å². The zero-order chi connectivity index (χ0) is 18.4. The zero-order valence-corrected chi connectivity index (χ0v) is 15.4. The second-order valence-electron chi connectivity index (χ2n) is 8.24. The van der Waals surface area contributed by atoms with Gasteiger partial charge in [0.25, 0.3) is 0 Å². The quantitative estimate of drug-likeness (QED) is 0.822. The summed E-state index contributed by atoms with van der Waals surface area (Å²) in [5, 5.41) is 3.16. The number of rotatable bonds is 6. The third-order valence-electron chi connectivity index (χ3n) is 6.36. The Morgan fingerprint density at radius 1 is 1.26 bits per heavy atom. The SMILES string of the molecule is O=C(NCC1CC1)[C@]12COC[C@H]1CN(CCn1c(=O)oc3ccccc31)C2. The average molecular weight is 371 g/mol. The van der Waals surface area contributed by atoms with E-state index in [0.717, 1.165) is 25.2 Å². The lowest BCUT2D eigenvalue weighted by Crippen LogP contribution is -2.47. The molecule has 7 nitrogen and oxygen atoms in total. The van der Waals surface area contributed by atoms with E-state index in [-0.39, 0.29) is 17.6 Å². The van der Waals surface area contributed by atoms with Crippen LogP contribution in [0.4, 0.5) is 0 Å². The topological polar surface area (TPSA) is 76.7 Å². The number of amides is 1. The maximum atomic E-state index is 12.9. The molecular formula is C20H25N3O4. The molecule has 1 aliphatic carbocycles. The second kappa shape index (κ2) is 6.49. The van der Waals surface area contributed by atoms with Gasteiger partial charge in [0, 0.05) is 38.6 Å². The molecule has 2 saturated heterocycles. The van der Waals surface area contributed by atoms with E-state index in [9.17, 15) is 9.59 Å². The number of fused-ring (bicyclic) bond motifs is 2. The number of carbonyl (C=O) groups excluding carboxylic acids is 1. The second-order valence-corrected chi connectivity index (χ2v) is 8.24. The molecule has 1 saturated carbocycles. The lowest BCUT2D eigenvalue weighted by atomic mass is 9.80. The van der Waals surface area contributed by atoms with Crippen molar-refractivity contribution in [1.82, 2.24) is 14.8 Å². The van der Waals surface area contributed by atoms with Crippen LogP contribution in [0.25, 0.3) is 11.1 Å². The summed E-state index contributed by atoms with van der Waals surface area (Å²) in [6.07, 6.45) is 2.46. The Balaban J connectivity index is 1.27. The van der Waals surface area contributed by atoms with Gasteiger partial charge in [-0.1, -0.05) is 12.1 Å². The number of hydrogen-bond acceptors (Lipinski definition) is 5. The van der Waals surface area contributed by atoms with Gasteiger partial charge in [-0.25, -0.2) is 4.79 Å². The summed E-state index contributed by atoms with van der Waals surface area (Å²) < 4.78 is 12.7. The minimum atomic E-state index is -0.432. The van der Waals surface area contributed by atoms with Gasteiger partial charge in [0.05, 0.1) is 24.1 Å². The van der Waals surface area contributed by atoms with Crippen LogP contribution in [0.2, 0.25) is 0 Å². The van der Waals surface area contributed by atoms with Crippen molar-refractivity contribution in [2.45, 2.75) is 19.4 Å².